The molecular formula is C14H9Cl2N3O2. The predicted octanol–water partition coefficient (Wildman–Crippen LogP) is 3.28. The largest absolute Gasteiger partial charge is 0.481 e. The number of nitrogens with one attached hydrogen (secondary N) is 1. The average molecular weight is 322 g/mol. The second-order valence-electron chi connectivity index (χ2n) is 3.93. The van der Waals surface area contributed by atoms with Crippen molar-refractivity contribution in [3.63, 3.8) is 0 Å². The van der Waals surface area contributed by atoms with Crippen LogP contribution in [0.1, 0.15) is 5.56 Å². The van der Waals surface area contributed by atoms with Gasteiger partial charge in [-0.2, -0.15) is 5.26 Å². The van der Waals surface area contributed by atoms with E-state index in [0.717, 1.165) is 0 Å². The maximum Gasteiger partial charge on any atom is 0.262 e. The topological polar surface area (TPSA) is 75.0 Å². The molecule has 0 aliphatic heterocycles. The Labute approximate surface area is 131 Å². The van der Waals surface area contributed by atoms with Crippen LogP contribution in [0, 0.1) is 11.3 Å². The van der Waals surface area contributed by atoms with Crippen LogP contribution >= 0.6 is 23.2 Å². The zero-order chi connectivity index (χ0) is 15.2. The van der Waals surface area contributed by atoms with Gasteiger partial charge in [0.1, 0.15) is 6.07 Å². The molecule has 1 amide bonds. The van der Waals surface area contributed by atoms with Gasteiger partial charge < -0.3 is 10.1 Å². The lowest BCUT2D eigenvalue weighted by molar-refractivity contribution is -0.118. The third kappa shape index (κ3) is 4.09. The number of anilines is 1. The number of nitriles is 1. The number of pyridine rings is 1. The molecule has 1 aromatic carbocycles. The van der Waals surface area contributed by atoms with E-state index in [0.29, 0.717) is 22.0 Å². The van der Waals surface area contributed by atoms with Crippen molar-refractivity contribution >= 4 is 34.8 Å². The summed E-state index contributed by atoms with van der Waals surface area (Å²) in [5.41, 5.74) is 0.642. The van der Waals surface area contributed by atoms with Crippen molar-refractivity contribution < 1.29 is 9.53 Å². The molecule has 21 heavy (non-hydrogen) atoms. The Hall–Kier alpha value is -2.29. The Morgan fingerprint density at radius 1 is 1.38 bits per heavy atom. The molecule has 1 heterocycles. The highest BCUT2D eigenvalue weighted by atomic mass is 35.5. The van der Waals surface area contributed by atoms with E-state index < -0.39 is 5.91 Å². The second-order valence-corrected chi connectivity index (χ2v) is 4.73. The highest BCUT2D eigenvalue weighted by Gasteiger charge is 2.09. The van der Waals surface area contributed by atoms with Crippen LogP contribution < -0.4 is 10.1 Å². The molecule has 0 spiro atoms. The summed E-state index contributed by atoms with van der Waals surface area (Å²) in [6, 6.07) is 9.80. The van der Waals surface area contributed by atoms with Crippen LogP contribution in [0.4, 0.5) is 5.69 Å². The smallest absolute Gasteiger partial charge is 0.262 e. The summed E-state index contributed by atoms with van der Waals surface area (Å²) in [7, 11) is 0. The predicted molar refractivity (Wildman–Crippen MR) is 79.5 cm³/mol. The number of hydrogen-bond donors (Lipinski definition) is 1. The number of benzene rings is 1. The molecule has 0 fully saturated rings. The Morgan fingerprint density at radius 3 is 2.90 bits per heavy atom. The number of carbonyl (C=O) groups is 1. The molecule has 0 aliphatic rings. The van der Waals surface area contributed by atoms with E-state index in [4.69, 9.17) is 33.2 Å². The Bertz CT molecular complexity index is 714. The lowest BCUT2D eigenvalue weighted by Gasteiger charge is -2.09. The molecule has 0 saturated carbocycles. The summed E-state index contributed by atoms with van der Waals surface area (Å²) >= 11 is 11.6. The Morgan fingerprint density at radius 2 is 2.19 bits per heavy atom. The SMILES string of the molecule is N#Cc1ccc(Cl)cc1NC(=O)COc1cccnc1Cl. The molecule has 2 aromatic rings. The zero-order valence-electron chi connectivity index (χ0n) is 10.6. The van der Waals surface area contributed by atoms with Gasteiger partial charge in [-0.15, -0.1) is 0 Å². The summed E-state index contributed by atoms with van der Waals surface area (Å²) in [6.07, 6.45) is 1.51. The molecule has 1 N–H and O–H groups in total. The third-order valence-corrected chi connectivity index (χ3v) is 2.98. The number of carbonyl (C=O) groups excluding carboxylic acids is 1. The van der Waals surface area contributed by atoms with Gasteiger partial charge in [0.05, 0.1) is 11.3 Å². The summed E-state index contributed by atoms with van der Waals surface area (Å²) in [4.78, 5) is 15.7. The molecule has 0 bridgehead atoms. The van der Waals surface area contributed by atoms with Gasteiger partial charge in [-0.3, -0.25) is 4.79 Å². The number of aromatic nitrogens is 1. The monoisotopic (exact) mass is 321 g/mol. The van der Waals surface area contributed by atoms with Crippen LogP contribution in [0.2, 0.25) is 10.2 Å². The number of nitrogens with zero attached hydrogens (tertiary/aromatic N) is 2. The molecule has 0 saturated heterocycles. The minimum absolute atomic E-state index is 0.172. The summed E-state index contributed by atoms with van der Waals surface area (Å²) in [5.74, 6) is -0.130. The van der Waals surface area contributed by atoms with Crippen LogP contribution in [0.5, 0.6) is 5.75 Å². The fourth-order valence-corrected chi connectivity index (χ4v) is 1.87. The van der Waals surface area contributed by atoms with Gasteiger partial charge >= 0.3 is 0 Å². The van der Waals surface area contributed by atoms with Gasteiger partial charge in [0.2, 0.25) is 0 Å². The fraction of sp³-hybridized carbons (Fsp3) is 0.0714. The van der Waals surface area contributed by atoms with Crippen molar-refractivity contribution in [3.05, 3.63) is 52.3 Å². The second kappa shape index (κ2) is 6.93. The van der Waals surface area contributed by atoms with Crippen LogP contribution in [0.15, 0.2) is 36.5 Å². The van der Waals surface area contributed by atoms with E-state index in [1.807, 2.05) is 6.07 Å². The van der Waals surface area contributed by atoms with E-state index in [1.54, 1.807) is 18.2 Å². The number of halogens is 2. The summed E-state index contributed by atoms with van der Waals surface area (Å²) in [6.45, 7) is -0.261. The van der Waals surface area contributed by atoms with E-state index >= 15 is 0 Å². The van der Waals surface area contributed by atoms with Crippen molar-refractivity contribution in [2.24, 2.45) is 0 Å². The summed E-state index contributed by atoms with van der Waals surface area (Å²) in [5, 5.41) is 12.1. The van der Waals surface area contributed by atoms with Gasteiger partial charge in [0.25, 0.3) is 5.91 Å². The number of hydrogen-bond acceptors (Lipinski definition) is 4. The van der Waals surface area contributed by atoms with E-state index in [9.17, 15) is 4.79 Å². The average Bonchev–Trinajstić information content (AvgIpc) is 2.47. The number of amides is 1. The van der Waals surface area contributed by atoms with Gasteiger partial charge in [-0.05, 0) is 30.3 Å². The van der Waals surface area contributed by atoms with Crippen molar-refractivity contribution in [3.8, 4) is 11.8 Å². The van der Waals surface area contributed by atoms with Crippen molar-refractivity contribution in [2.45, 2.75) is 0 Å². The minimum Gasteiger partial charge on any atom is -0.481 e. The molecule has 0 radical (unpaired) electrons. The van der Waals surface area contributed by atoms with Gasteiger partial charge in [-0.25, -0.2) is 4.98 Å². The van der Waals surface area contributed by atoms with Gasteiger partial charge in [-0.1, -0.05) is 23.2 Å². The quantitative estimate of drug-likeness (QED) is 0.877. The van der Waals surface area contributed by atoms with Gasteiger partial charge in [0.15, 0.2) is 17.5 Å². The van der Waals surface area contributed by atoms with Crippen LogP contribution in [-0.4, -0.2) is 17.5 Å². The molecule has 1 aromatic heterocycles. The first-order chi connectivity index (χ1) is 10.1. The molecule has 0 aliphatic carbocycles. The first-order valence-electron chi connectivity index (χ1n) is 5.83. The molecule has 0 unspecified atom stereocenters. The van der Waals surface area contributed by atoms with Gasteiger partial charge in [0, 0.05) is 11.2 Å². The number of ether oxygens (including phenoxy) is 1. The van der Waals surface area contributed by atoms with Crippen molar-refractivity contribution in [1.29, 1.82) is 5.26 Å². The first kappa shape index (κ1) is 15.1. The maximum atomic E-state index is 11.8. The first-order valence-corrected chi connectivity index (χ1v) is 6.58. The van der Waals surface area contributed by atoms with E-state index in [2.05, 4.69) is 10.3 Å². The lowest BCUT2D eigenvalue weighted by atomic mass is 10.2. The molecule has 0 atom stereocenters. The van der Waals surface area contributed by atoms with Crippen LogP contribution in [-0.2, 0) is 4.79 Å². The molecular weight excluding hydrogens is 313 g/mol. The highest BCUT2D eigenvalue weighted by molar-refractivity contribution is 6.31. The number of rotatable bonds is 4. The van der Waals surface area contributed by atoms with Crippen molar-refractivity contribution in [1.82, 2.24) is 4.98 Å². The van der Waals surface area contributed by atoms with Crippen LogP contribution in [0.3, 0.4) is 0 Å². The zero-order valence-corrected chi connectivity index (χ0v) is 12.1. The molecule has 2 rings (SSSR count). The maximum absolute atomic E-state index is 11.8. The van der Waals surface area contributed by atoms with Crippen LogP contribution in [0.25, 0.3) is 0 Å². The molecule has 106 valence electrons. The Kier molecular flexibility index (Phi) is 4.99. The third-order valence-electron chi connectivity index (χ3n) is 2.46. The standard InChI is InChI=1S/C14H9Cl2N3O2/c15-10-4-3-9(7-17)11(6-10)19-13(20)8-21-12-2-1-5-18-14(12)16/h1-6H,8H2,(H,19,20). The fourth-order valence-electron chi connectivity index (χ4n) is 1.53. The molecule has 5 nitrogen and oxygen atoms in total. The molecule has 7 heteroatoms. The highest BCUT2D eigenvalue weighted by Crippen LogP contribution is 2.22. The lowest BCUT2D eigenvalue weighted by Crippen LogP contribution is -2.20. The normalized spacial score (nSPS) is 9.76. The Balaban J connectivity index is 2.01. The van der Waals surface area contributed by atoms with E-state index in [1.165, 1.54) is 18.3 Å². The van der Waals surface area contributed by atoms with E-state index in [-0.39, 0.29) is 11.8 Å². The van der Waals surface area contributed by atoms with Crippen molar-refractivity contribution in [2.75, 3.05) is 11.9 Å². The minimum atomic E-state index is -0.436. The summed E-state index contributed by atoms with van der Waals surface area (Å²) < 4.78 is 5.25.